The Morgan fingerprint density at radius 2 is 1.95 bits per heavy atom. The number of primary amides is 1. The maximum atomic E-state index is 12.7. The fourth-order valence-electron chi connectivity index (χ4n) is 1.99. The molecular weight excluding hydrogens is 278 g/mol. The zero-order valence-electron chi connectivity index (χ0n) is 12.0. The van der Waals surface area contributed by atoms with Gasteiger partial charge in [0, 0.05) is 6.54 Å². The van der Waals surface area contributed by atoms with Crippen molar-refractivity contribution in [3.63, 3.8) is 0 Å². The summed E-state index contributed by atoms with van der Waals surface area (Å²) in [5, 5.41) is 0. The van der Waals surface area contributed by atoms with Gasteiger partial charge in [-0.1, -0.05) is 26.0 Å². The topological polar surface area (TPSA) is 106 Å². The number of nitrogens with two attached hydrogens (primary N) is 2. The molecule has 112 valence electrons. The summed E-state index contributed by atoms with van der Waals surface area (Å²) in [6.45, 7) is 5.25. The lowest BCUT2D eigenvalue weighted by atomic mass is 10.2. The average molecular weight is 299 g/mol. The molecule has 1 amide bonds. The second-order valence-corrected chi connectivity index (χ2v) is 7.03. The number of benzene rings is 1. The molecule has 0 spiro atoms. The second kappa shape index (κ2) is 6.23. The molecule has 7 heteroatoms. The van der Waals surface area contributed by atoms with E-state index in [0.29, 0.717) is 5.56 Å². The van der Waals surface area contributed by atoms with Crippen LogP contribution in [0.25, 0.3) is 0 Å². The number of hydrogen-bond acceptors (Lipinski definition) is 4. The summed E-state index contributed by atoms with van der Waals surface area (Å²) in [7, 11) is -3.85. The lowest BCUT2D eigenvalue weighted by Gasteiger charge is -2.24. The molecule has 0 bridgehead atoms. The van der Waals surface area contributed by atoms with Crippen LogP contribution in [-0.2, 0) is 14.8 Å². The van der Waals surface area contributed by atoms with Crippen LogP contribution in [-0.4, -0.2) is 31.7 Å². The van der Waals surface area contributed by atoms with Gasteiger partial charge in [0.05, 0.1) is 12.2 Å². The first kappa shape index (κ1) is 16.5. The summed E-state index contributed by atoms with van der Waals surface area (Å²) < 4.78 is 26.4. The van der Waals surface area contributed by atoms with Crippen LogP contribution in [0, 0.1) is 12.8 Å². The molecule has 0 unspecified atom stereocenters. The molecule has 0 saturated heterocycles. The molecule has 0 saturated carbocycles. The summed E-state index contributed by atoms with van der Waals surface area (Å²) in [6.07, 6.45) is 0. The molecule has 6 nitrogen and oxygen atoms in total. The standard InChI is InChI=1S/C13H21N3O3S/c1-9(2)7-16(8-12(15)17)20(18,19)13-10(3)5-4-6-11(13)14/h4-6,9H,7-8,14H2,1-3H3,(H2,15,17). The van der Waals surface area contributed by atoms with Crippen molar-refractivity contribution in [2.24, 2.45) is 11.7 Å². The molecule has 0 aliphatic rings. The number of amides is 1. The Hall–Kier alpha value is -1.60. The van der Waals surface area contributed by atoms with Crippen LogP contribution in [0.15, 0.2) is 23.1 Å². The van der Waals surface area contributed by atoms with Gasteiger partial charge < -0.3 is 11.5 Å². The third kappa shape index (κ3) is 3.71. The van der Waals surface area contributed by atoms with Gasteiger partial charge in [0.15, 0.2) is 0 Å². The van der Waals surface area contributed by atoms with Gasteiger partial charge in [0.1, 0.15) is 4.90 Å². The van der Waals surface area contributed by atoms with Crippen LogP contribution in [0.2, 0.25) is 0 Å². The predicted octanol–water partition coefficient (Wildman–Crippen LogP) is 0.709. The highest BCUT2D eigenvalue weighted by atomic mass is 32.2. The lowest BCUT2D eigenvalue weighted by Crippen LogP contribution is -2.41. The van der Waals surface area contributed by atoms with Gasteiger partial charge in [-0.3, -0.25) is 4.79 Å². The number of nitrogens with zero attached hydrogens (tertiary/aromatic N) is 1. The molecule has 0 aliphatic carbocycles. The van der Waals surface area contributed by atoms with E-state index in [9.17, 15) is 13.2 Å². The SMILES string of the molecule is Cc1cccc(N)c1S(=O)(=O)N(CC(N)=O)CC(C)C. The first-order valence-electron chi connectivity index (χ1n) is 6.29. The first-order valence-corrected chi connectivity index (χ1v) is 7.73. The van der Waals surface area contributed by atoms with E-state index < -0.39 is 15.9 Å². The number of carbonyl (C=O) groups excluding carboxylic acids is 1. The average Bonchev–Trinajstić information content (AvgIpc) is 2.26. The van der Waals surface area contributed by atoms with Gasteiger partial charge in [-0.05, 0) is 24.5 Å². The lowest BCUT2D eigenvalue weighted by molar-refractivity contribution is -0.118. The van der Waals surface area contributed by atoms with E-state index in [4.69, 9.17) is 11.5 Å². The van der Waals surface area contributed by atoms with Crippen molar-refractivity contribution in [1.29, 1.82) is 0 Å². The zero-order chi connectivity index (χ0) is 15.5. The number of nitrogen functional groups attached to an aromatic ring is 1. The van der Waals surface area contributed by atoms with E-state index in [1.165, 1.54) is 6.07 Å². The Kier molecular flexibility index (Phi) is 5.13. The Morgan fingerprint density at radius 3 is 2.40 bits per heavy atom. The minimum absolute atomic E-state index is 0.0434. The van der Waals surface area contributed by atoms with Crippen molar-refractivity contribution in [2.45, 2.75) is 25.7 Å². The molecule has 0 heterocycles. The van der Waals surface area contributed by atoms with Crippen molar-refractivity contribution in [3.05, 3.63) is 23.8 Å². The van der Waals surface area contributed by atoms with Crippen LogP contribution >= 0.6 is 0 Å². The van der Waals surface area contributed by atoms with Crippen molar-refractivity contribution in [3.8, 4) is 0 Å². The van der Waals surface area contributed by atoms with Gasteiger partial charge in [0.2, 0.25) is 15.9 Å². The molecular formula is C13H21N3O3S. The minimum atomic E-state index is -3.85. The molecule has 1 aromatic carbocycles. The van der Waals surface area contributed by atoms with Gasteiger partial charge >= 0.3 is 0 Å². The first-order chi connectivity index (χ1) is 9.16. The second-order valence-electron chi connectivity index (χ2n) is 5.15. The molecule has 0 aliphatic heterocycles. The van der Waals surface area contributed by atoms with E-state index in [-0.39, 0.29) is 29.6 Å². The monoisotopic (exact) mass is 299 g/mol. The van der Waals surface area contributed by atoms with Gasteiger partial charge in [-0.2, -0.15) is 4.31 Å². The van der Waals surface area contributed by atoms with E-state index in [1.54, 1.807) is 19.1 Å². The zero-order valence-corrected chi connectivity index (χ0v) is 12.8. The number of carbonyl (C=O) groups is 1. The predicted molar refractivity (Wildman–Crippen MR) is 78.4 cm³/mol. The number of anilines is 1. The molecule has 0 fully saturated rings. The fraction of sp³-hybridized carbons (Fsp3) is 0.462. The number of rotatable bonds is 6. The number of hydrogen-bond donors (Lipinski definition) is 2. The van der Waals surface area contributed by atoms with E-state index in [2.05, 4.69) is 0 Å². The summed E-state index contributed by atoms with van der Waals surface area (Å²) in [5.41, 5.74) is 11.6. The molecule has 0 aromatic heterocycles. The molecule has 0 atom stereocenters. The Labute approximate surface area is 119 Å². The van der Waals surface area contributed by atoms with E-state index in [0.717, 1.165) is 4.31 Å². The van der Waals surface area contributed by atoms with Gasteiger partial charge in [-0.25, -0.2) is 8.42 Å². The maximum Gasteiger partial charge on any atom is 0.245 e. The highest BCUT2D eigenvalue weighted by Gasteiger charge is 2.29. The smallest absolute Gasteiger partial charge is 0.245 e. The highest BCUT2D eigenvalue weighted by molar-refractivity contribution is 7.89. The Balaban J connectivity index is 3.32. The number of sulfonamides is 1. The normalized spacial score (nSPS) is 12.1. The Bertz CT molecular complexity index is 577. The molecule has 1 rings (SSSR count). The fourth-order valence-corrected chi connectivity index (χ4v) is 3.88. The largest absolute Gasteiger partial charge is 0.398 e. The van der Waals surface area contributed by atoms with Gasteiger partial charge in [-0.15, -0.1) is 0 Å². The van der Waals surface area contributed by atoms with Crippen LogP contribution in [0.3, 0.4) is 0 Å². The molecule has 4 N–H and O–H groups in total. The van der Waals surface area contributed by atoms with Crippen molar-refractivity contribution in [2.75, 3.05) is 18.8 Å². The number of aryl methyl sites for hydroxylation is 1. The van der Waals surface area contributed by atoms with E-state index in [1.807, 2.05) is 13.8 Å². The molecule has 0 radical (unpaired) electrons. The minimum Gasteiger partial charge on any atom is -0.398 e. The Morgan fingerprint density at radius 1 is 1.35 bits per heavy atom. The molecule has 1 aromatic rings. The van der Waals surface area contributed by atoms with Gasteiger partial charge in [0.25, 0.3) is 0 Å². The van der Waals surface area contributed by atoms with Crippen LogP contribution < -0.4 is 11.5 Å². The van der Waals surface area contributed by atoms with Crippen LogP contribution in [0.4, 0.5) is 5.69 Å². The molecule has 20 heavy (non-hydrogen) atoms. The maximum absolute atomic E-state index is 12.7. The van der Waals surface area contributed by atoms with Crippen molar-refractivity contribution in [1.82, 2.24) is 4.31 Å². The van der Waals surface area contributed by atoms with Crippen LogP contribution in [0.1, 0.15) is 19.4 Å². The summed E-state index contributed by atoms with van der Waals surface area (Å²) >= 11 is 0. The third-order valence-electron chi connectivity index (χ3n) is 2.74. The van der Waals surface area contributed by atoms with E-state index >= 15 is 0 Å². The quantitative estimate of drug-likeness (QED) is 0.754. The van der Waals surface area contributed by atoms with Crippen molar-refractivity contribution < 1.29 is 13.2 Å². The third-order valence-corrected chi connectivity index (χ3v) is 4.77. The van der Waals surface area contributed by atoms with Crippen LogP contribution in [0.5, 0.6) is 0 Å². The summed E-state index contributed by atoms with van der Waals surface area (Å²) in [4.78, 5) is 11.2. The summed E-state index contributed by atoms with van der Waals surface area (Å²) in [6, 6.07) is 4.88. The summed E-state index contributed by atoms with van der Waals surface area (Å²) in [5.74, 6) is -0.629. The van der Waals surface area contributed by atoms with Crippen molar-refractivity contribution >= 4 is 21.6 Å². The highest BCUT2D eigenvalue weighted by Crippen LogP contribution is 2.26.